The molecule has 1 N–H and O–H groups in total. The van der Waals surface area contributed by atoms with E-state index in [1.165, 1.54) is 12.1 Å². The fraction of sp³-hybridized carbons (Fsp3) is 0.176. The molecule has 0 saturated carbocycles. The van der Waals surface area contributed by atoms with Gasteiger partial charge in [-0.1, -0.05) is 47.6 Å². The molecule has 0 spiro atoms. The Kier molecular flexibility index (Phi) is 5.20. The number of hydrogen-bond acceptors (Lipinski definition) is 5. The van der Waals surface area contributed by atoms with Gasteiger partial charge in [-0.15, -0.1) is 0 Å². The Labute approximate surface area is 144 Å². The second kappa shape index (κ2) is 7.54. The lowest BCUT2D eigenvalue weighted by atomic mass is 10.2. The Morgan fingerprint density at radius 2 is 1.76 bits per heavy atom. The van der Waals surface area contributed by atoms with E-state index < -0.39 is 15.8 Å². The highest BCUT2D eigenvalue weighted by atomic mass is 32.2. The zero-order chi connectivity index (χ0) is 17.7. The predicted molar refractivity (Wildman–Crippen MR) is 90.5 cm³/mol. The first-order valence-corrected chi connectivity index (χ1v) is 9.27. The largest absolute Gasteiger partial charge is 0.338 e. The quantitative estimate of drug-likeness (QED) is 0.699. The van der Waals surface area contributed by atoms with Crippen LogP contribution in [0.3, 0.4) is 0 Å². The average molecular weight is 361 g/mol. The van der Waals surface area contributed by atoms with Crippen molar-refractivity contribution in [2.75, 3.05) is 5.75 Å². The lowest BCUT2D eigenvalue weighted by Crippen LogP contribution is -2.27. The summed E-state index contributed by atoms with van der Waals surface area (Å²) in [5, 5.41) is 3.68. The minimum atomic E-state index is -3.49. The number of nitrogens with one attached hydrogen (secondary N) is 1. The third-order valence-corrected chi connectivity index (χ3v) is 4.85. The zero-order valence-electron chi connectivity index (χ0n) is 13.2. The van der Waals surface area contributed by atoms with Crippen molar-refractivity contribution in [3.63, 3.8) is 0 Å². The summed E-state index contributed by atoms with van der Waals surface area (Å²) in [6.07, 6.45) is 0.403. The topological polar surface area (TPSA) is 85.1 Å². The highest BCUT2D eigenvalue weighted by Crippen LogP contribution is 2.19. The first kappa shape index (κ1) is 17.2. The molecule has 0 saturated heterocycles. The molecule has 1 aromatic heterocycles. The Morgan fingerprint density at radius 3 is 2.52 bits per heavy atom. The number of aromatic nitrogens is 2. The van der Waals surface area contributed by atoms with E-state index in [1.807, 2.05) is 30.3 Å². The smallest absolute Gasteiger partial charge is 0.242 e. The van der Waals surface area contributed by atoms with Crippen molar-refractivity contribution in [3.8, 4) is 11.4 Å². The van der Waals surface area contributed by atoms with E-state index in [1.54, 1.807) is 12.1 Å². The van der Waals surface area contributed by atoms with Crippen molar-refractivity contribution in [1.29, 1.82) is 0 Å². The Morgan fingerprint density at radius 1 is 1.04 bits per heavy atom. The zero-order valence-corrected chi connectivity index (χ0v) is 14.0. The van der Waals surface area contributed by atoms with Gasteiger partial charge < -0.3 is 4.52 Å². The Balaban J connectivity index is 1.59. The molecule has 25 heavy (non-hydrogen) atoms. The van der Waals surface area contributed by atoms with Crippen LogP contribution in [0, 0.1) is 5.82 Å². The van der Waals surface area contributed by atoms with E-state index in [0.29, 0.717) is 6.42 Å². The standard InChI is InChI=1S/C17H16FN3O3S/c18-15-9-5-4-8-14(15)17-20-16(24-21-17)12-19-25(22,23)11-10-13-6-2-1-3-7-13/h1-9,19H,10-12H2. The maximum Gasteiger partial charge on any atom is 0.242 e. The van der Waals surface area contributed by atoms with Crippen LogP contribution in [0.2, 0.25) is 0 Å². The van der Waals surface area contributed by atoms with Crippen LogP contribution >= 0.6 is 0 Å². The monoisotopic (exact) mass is 361 g/mol. The minimum absolute atomic E-state index is 0.0503. The molecule has 130 valence electrons. The van der Waals surface area contributed by atoms with Crippen molar-refractivity contribution < 1.29 is 17.3 Å². The number of benzene rings is 2. The van der Waals surface area contributed by atoms with Gasteiger partial charge in [0.25, 0.3) is 0 Å². The predicted octanol–water partition coefficient (Wildman–Crippen LogP) is 2.54. The summed E-state index contributed by atoms with van der Waals surface area (Å²) in [5.74, 6) is -0.373. The summed E-state index contributed by atoms with van der Waals surface area (Å²) in [7, 11) is -3.49. The van der Waals surface area contributed by atoms with Crippen molar-refractivity contribution in [2.24, 2.45) is 0 Å². The van der Waals surface area contributed by atoms with Gasteiger partial charge in [-0.3, -0.25) is 0 Å². The number of aryl methyl sites for hydroxylation is 1. The average Bonchev–Trinajstić information content (AvgIpc) is 3.09. The molecular weight excluding hydrogens is 345 g/mol. The van der Waals surface area contributed by atoms with Crippen molar-refractivity contribution >= 4 is 10.0 Å². The van der Waals surface area contributed by atoms with Crippen LogP contribution in [0.1, 0.15) is 11.5 Å². The summed E-state index contributed by atoms with van der Waals surface area (Å²) in [5.41, 5.74) is 1.14. The summed E-state index contributed by atoms with van der Waals surface area (Å²) in [6.45, 7) is -0.140. The number of halogens is 1. The number of sulfonamides is 1. The van der Waals surface area contributed by atoms with Crippen LogP contribution in [-0.4, -0.2) is 24.3 Å². The Hall–Kier alpha value is -2.58. The van der Waals surface area contributed by atoms with E-state index in [9.17, 15) is 12.8 Å². The van der Waals surface area contributed by atoms with E-state index in [4.69, 9.17) is 4.52 Å². The second-order valence-corrected chi connectivity index (χ2v) is 7.29. The molecule has 0 fully saturated rings. The van der Waals surface area contributed by atoms with Gasteiger partial charge in [0.05, 0.1) is 17.9 Å². The maximum absolute atomic E-state index is 13.7. The molecule has 2 aromatic carbocycles. The van der Waals surface area contributed by atoms with Crippen molar-refractivity contribution in [2.45, 2.75) is 13.0 Å². The van der Waals surface area contributed by atoms with Gasteiger partial charge in [0, 0.05) is 0 Å². The molecule has 0 aliphatic heterocycles. The summed E-state index contributed by atoms with van der Waals surface area (Å²) in [6, 6.07) is 15.4. The summed E-state index contributed by atoms with van der Waals surface area (Å²) in [4.78, 5) is 4.02. The van der Waals surface area contributed by atoms with Gasteiger partial charge in [0.2, 0.25) is 21.7 Å². The summed E-state index contributed by atoms with van der Waals surface area (Å²) >= 11 is 0. The number of nitrogens with zero attached hydrogens (tertiary/aromatic N) is 2. The fourth-order valence-corrected chi connectivity index (χ4v) is 3.21. The maximum atomic E-state index is 13.7. The molecule has 6 nitrogen and oxygen atoms in total. The van der Waals surface area contributed by atoms with Gasteiger partial charge in [-0.2, -0.15) is 4.98 Å². The van der Waals surface area contributed by atoms with Crippen LogP contribution in [0.4, 0.5) is 4.39 Å². The molecule has 0 bridgehead atoms. The molecule has 0 aliphatic rings. The number of rotatable bonds is 7. The third kappa shape index (κ3) is 4.71. The molecule has 1 heterocycles. The summed E-state index contributed by atoms with van der Waals surface area (Å²) < 4.78 is 45.2. The third-order valence-electron chi connectivity index (χ3n) is 3.53. The lowest BCUT2D eigenvalue weighted by molar-refractivity contribution is 0.375. The molecule has 3 aromatic rings. The molecule has 0 unspecified atom stereocenters. The first-order valence-electron chi connectivity index (χ1n) is 7.62. The normalized spacial score (nSPS) is 11.6. The minimum Gasteiger partial charge on any atom is -0.338 e. The Bertz CT molecular complexity index is 943. The van der Waals surface area contributed by atoms with Gasteiger partial charge in [0.15, 0.2) is 0 Å². The van der Waals surface area contributed by atoms with Crippen LogP contribution in [0.15, 0.2) is 59.1 Å². The van der Waals surface area contributed by atoms with Gasteiger partial charge in [-0.25, -0.2) is 17.5 Å². The van der Waals surface area contributed by atoms with E-state index in [-0.39, 0.29) is 29.6 Å². The van der Waals surface area contributed by atoms with Crippen LogP contribution in [-0.2, 0) is 23.0 Å². The van der Waals surface area contributed by atoms with Crippen molar-refractivity contribution in [3.05, 3.63) is 71.9 Å². The van der Waals surface area contributed by atoms with E-state index >= 15 is 0 Å². The molecule has 0 atom stereocenters. The SMILES string of the molecule is O=S(=O)(CCc1ccccc1)NCc1nc(-c2ccccc2F)no1. The highest BCUT2D eigenvalue weighted by molar-refractivity contribution is 7.89. The van der Waals surface area contributed by atoms with Gasteiger partial charge in [-0.05, 0) is 24.1 Å². The first-order chi connectivity index (χ1) is 12.0. The molecule has 0 radical (unpaired) electrons. The molecule has 8 heteroatoms. The fourth-order valence-electron chi connectivity index (χ4n) is 2.22. The van der Waals surface area contributed by atoms with Gasteiger partial charge in [0.1, 0.15) is 5.82 Å². The van der Waals surface area contributed by atoms with E-state index in [2.05, 4.69) is 14.9 Å². The second-order valence-electron chi connectivity index (χ2n) is 5.37. The molecule has 0 amide bonds. The highest BCUT2D eigenvalue weighted by Gasteiger charge is 2.15. The van der Waals surface area contributed by atoms with Crippen LogP contribution < -0.4 is 4.72 Å². The molecule has 0 aliphatic carbocycles. The van der Waals surface area contributed by atoms with E-state index in [0.717, 1.165) is 5.56 Å². The van der Waals surface area contributed by atoms with Crippen molar-refractivity contribution in [1.82, 2.24) is 14.9 Å². The van der Waals surface area contributed by atoms with Crippen LogP contribution in [0.25, 0.3) is 11.4 Å². The van der Waals surface area contributed by atoms with Crippen LogP contribution in [0.5, 0.6) is 0 Å². The molecule has 3 rings (SSSR count). The molecular formula is C17H16FN3O3S. The van der Waals surface area contributed by atoms with Gasteiger partial charge >= 0.3 is 0 Å². The number of hydrogen-bond donors (Lipinski definition) is 1. The lowest BCUT2D eigenvalue weighted by Gasteiger charge is -2.04.